The third-order valence-corrected chi connectivity index (χ3v) is 4.45. The summed E-state index contributed by atoms with van der Waals surface area (Å²) in [5.41, 5.74) is 8.09. The Morgan fingerprint density at radius 2 is 1.75 bits per heavy atom. The maximum absolute atomic E-state index is 12.0. The van der Waals surface area contributed by atoms with Gasteiger partial charge in [-0.05, 0) is 68.9 Å². The second-order valence-corrected chi connectivity index (χ2v) is 6.32. The summed E-state index contributed by atoms with van der Waals surface area (Å²) >= 11 is 0. The minimum atomic E-state index is 0.115. The molecule has 0 saturated carbocycles. The van der Waals surface area contributed by atoms with Crippen LogP contribution in [0.3, 0.4) is 0 Å². The van der Waals surface area contributed by atoms with Crippen molar-refractivity contribution in [1.82, 2.24) is 0 Å². The third kappa shape index (κ3) is 4.11. The first-order valence-corrected chi connectivity index (χ1v) is 8.44. The van der Waals surface area contributed by atoms with Crippen molar-refractivity contribution >= 4 is 16.9 Å². The third-order valence-electron chi connectivity index (χ3n) is 4.45. The molecule has 0 spiro atoms. The monoisotopic (exact) mass is 318 g/mol. The average molecular weight is 318 g/mol. The van der Waals surface area contributed by atoms with Crippen molar-refractivity contribution in [3.05, 3.63) is 82.4 Å². The number of aryl methyl sites for hydroxylation is 2. The summed E-state index contributed by atoms with van der Waals surface area (Å²) in [6.07, 6.45) is 5.00. The van der Waals surface area contributed by atoms with Crippen LogP contribution in [0.25, 0.3) is 11.1 Å². The first kappa shape index (κ1) is 17.9. The Bertz CT molecular complexity index is 807. The molecule has 0 aliphatic carbocycles. The second-order valence-electron chi connectivity index (χ2n) is 6.32. The number of ketones is 1. The minimum Gasteiger partial charge on any atom is -0.295 e. The van der Waals surface area contributed by atoms with Crippen LogP contribution in [0.2, 0.25) is 0 Å². The van der Waals surface area contributed by atoms with E-state index in [-0.39, 0.29) is 5.78 Å². The molecule has 0 atom stereocenters. The average Bonchev–Trinajstić information content (AvgIpc) is 2.54. The number of benzene rings is 2. The van der Waals surface area contributed by atoms with Gasteiger partial charge >= 0.3 is 0 Å². The zero-order valence-electron chi connectivity index (χ0n) is 15.3. The highest BCUT2D eigenvalue weighted by molar-refractivity contribution is 6.19. The number of hydrogen-bond acceptors (Lipinski definition) is 1. The lowest BCUT2D eigenvalue weighted by molar-refractivity contribution is -0.111. The molecule has 0 saturated heterocycles. The summed E-state index contributed by atoms with van der Waals surface area (Å²) in [6, 6.07) is 14.7. The standard InChI is InChI=1S/C23H26O/c1-6-21(19(5)24)23-12-8-10-18(4)22(23)14-13-17(3)20-11-7-9-16(2)15-20/h6-13,15H,14H2,1-5H3/b17-13+,21-6+. The van der Waals surface area contributed by atoms with Crippen molar-refractivity contribution in [2.45, 2.75) is 41.0 Å². The summed E-state index contributed by atoms with van der Waals surface area (Å²) in [6.45, 7) is 9.93. The number of hydrogen-bond donors (Lipinski definition) is 0. The van der Waals surface area contributed by atoms with Crippen LogP contribution >= 0.6 is 0 Å². The van der Waals surface area contributed by atoms with E-state index in [9.17, 15) is 4.79 Å². The Kier molecular flexibility index (Phi) is 5.92. The van der Waals surface area contributed by atoms with Crippen molar-refractivity contribution in [1.29, 1.82) is 0 Å². The number of carbonyl (C=O) groups excluding carboxylic acids is 1. The summed E-state index contributed by atoms with van der Waals surface area (Å²) in [5.74, 6) is 0.115. The van der Waals surface area contributed by atoms with Gasteiger partial charge in [-0.25, -0.2) is 0 Å². The quantitative estimate of drug-likeness (QED) is 0.623. The Labute approximate surface area is 145 Å². The molecule has 0 aliphatic heterocycles. The molecule has 0 amide bonds. The van der Waals surface area contributed by atoms with E-state index in [2.05, 4.69) is 63.2 Å². The molecule has 2 rings (SSSR count). The molecule has 124 valence electrons. The van der Waals surface area contributed by atoms with Crippen LogP contribution in [-0.2, 0) is 11.2 Å². The van der Waals surface area contributed by atoms with Crippen molar-refractivity contribution in [3.63, 3.8) is 0 Å². The number of Topliss-reactive ketones (excluding diaryl/α,β-unsaturated/α-hetero) is 1. The second kappa shape index (κ2) is 7.92. The van der Waals surface area contributed by atoms with E-state index in [1.807, 2.05) is 19.1 Å². The predicted molar refractivity (Wildman–Crippen MR) is 104 cm³/mol. The number of carbonyl (C=O) groups is 1. The van der Waals surface area contributed by atoms with E-state index in [0.717, 1.165) is 17.6 Å². The Morgan fingerprint density at radius 1 is 1.04 bits per heavy atom. The molecular weight excluding hydrogens is 292 g/mol. The lowest BCUT2D eigenvalue weighted by Crippen LogP contribution is -2.02. The summed E-state index contributed by atoms with van der Waals surface area (Å²) in [5, 5.41) is 0. The smallest absolute Gasteiger partial charge is 0.160 e. The molecule has 1 nitrogen and oxygen atoms in total. The van der Waals surface area contributed by atoms with Gasteiger partial charge in [0, 0.05) is 5.57 Å². The lowest BCUT2D eigenvalue weighted by atomic mass is 9.91. The summed E-state index contributed by atoms with van der Waals surface area (Å²) in [4.78, 5) is 12.0. The van der Waals surface area contributed by atoms with Crippen LogP contribution < -0.4 is 0 Å². The predicted octanol–water partition coefficient (Wildman–Crippen LogP) is 5.94. The fourth-order valence-corrected chi connectivity index (χ4v) is 3.04. The van der Waals surface area contributed by atoms with Crippen LogP contribution in [0.4, 0.5) is 0 Å². The van der Waals surface area contributed by atoms with Crippen LogP contribution in [0.1, 0.15) is 48.6 Å². The lowest BCUT2D eigenvalue weighted by Gasteiger charge is -2.13. The Morgan fingerprint density at radius 3 is 2.38 bits per heavy atom. The SMILES string of the molecule is C/C=C(\C(C)=O)c1cccc(C)c1C/C=C(\C)c1cccc(C)c1. The van der Waals surface area contributed by atoms with Gasteiger partial charge in [-0.3, -0.25) is 4.79 Å². The van der Waals surface area contributed by atoms with Crippen LogP contribution in [0.15, 0.2) is 54.6 Å². The van der Waals surface area contributed by atoms with Gasteiger partial charge in [0.2, 0.25) is 0 Å². The fourth-order valence-electron chi connectivity index (χ4n) is 3.04. The highest BCUT2D eigenvalue weighted by Crippen LogP contribution is 2.25. The Balaban J connectivity index is 2.39. The zero-order chi connectivity index (χ0) is 17.7. The van der Waals surface area contributed by atoms with Gasteiger partial charge < -0.3 is 0 Å². The molecule has 0 N–H and O–H groups in total. The molecule has 0 bridgehead atoms. The topological polar surface area (TPSA) is 17.1 Å². The minimum absolute atomic E-state index is 0.115. The van der Waals surface area contributed by atoms with Crippen molar-refractivity contribution in [2.75, 3.05) is 0 Å². The molecule has 0 radical (unpaired) electrons. The first-order chi connectivity index (χ1) is 11.4. The van der Waals surface area contributed by atoms with E-state index < -0.39 is 0 Å². The molecular formula is C23H26O. The molecule has 0 heterocycles. The number of allylic oxidation sites excluding steroid dienone is 4. The largest absolute Gasteiger partial charge is 0.295 e. The van der Waals surface area contributed by atoms with Gasteiger partial charge in [0.25, 0.3) is 0 Å². The highest BCUT2D eigenvalue weighted by atomic mass is 16.1. The van der Waals surface area contributed by atoms with Crippen LogP contribution in [0.5, 0.6) is 0 Å². The molecule has 2 aromatic carbocycles. The fraction of sp³-hybridized carbons (Fsp3) is 0.261. The van der Waals surface area contributed by atoms with E-state index in [0.29, 0.717) is 0 Å². The molecule has 0 aliphatic rings. The molecule has 0 unspecified atom stereocenters. The summed E-state index contributed by atoms with van der Waals surface area (Å²) in [7, 11) is 0. The van der Waals surface area contributed by atoms with Gasteiger partial charge in [0.1, 0.15) is 0 Å². The van der Waals surface area contributed by atoms with E-state index >= 15 is 0 Å². The first-order valence-electron chi connectivity index (χ1n) is 8.44. The van der Waals surface area contributed by atoms with Gasteiger partial charge in [-0.1, -0.05) is 60.2 Å². The van der Waals surface area contributed by atoms with Gasteiger partial charge in [0.05, 0.1) is 0 Å². The maximum atomic E-state index is 12.0. The molecule has 0 fully saturated rings. The maximum Gasteiger partial charge on any atom is 0.160 e. The van der Waals surface area contributed by atoms with Gasteiger partial charge in [0.15, 0.2) is 5.78 Å². The van der Waals surface area contributed by atoms with Crippen LogP contribution in [0, 0.1) is 13.8 Å². The van der Waals surface area contributed by atoms with Gasteiger partial charge in [-0.15, -0.1) is 0 Å². The number of rotatable bonds is 5. The van der Waals surface area contributed by atoms with Crippen LogP contribution in [-0.4, -0.2) is 5.78 Å². The van der Waals surface area contributed by atoms with Crippen molar-refractivity contribution in [2.24, 2.45) is 0 Å². The van der Waals surface area contributed by atoms with Crippen molar-refractivity contribution < 1.29 is 4.79 Å². The van der Waals surface area contributed by atoms with E-state index in [1.54, 1.807) is 6.92 Å². The molecule has 2 aromatic rings. The molecule has 0 aromatic heterocycles. The zero-order valence-corrected chi connectivity index (χ0v) is 15.3. The molecule has 24 heavy (non-hydrogen) atoms. The van der Waals surface area contributed by atoms with E-state index in [1.165, 1.54) is 27.8 Å². The summed E-state index contributed by atoms with van der Waals surface area (Å²) < 4.78 is 0. The van der Waals surface area contributed by atoms with Crippen molar-refractivity contribution in [3.8, 4) is 0 Å². The Hall–Kier alpha value is -2.41. The van der Waals surface area contributed by atoms with E-state index in [4.69, 9.17) is 0 Å². The molecule has 1 heteroatoms. The highest BCUT2D eigenvalue weighted by Gasteiger charge is 2.12. The normalized spacial score (nSPS) is 12.4. The van der Waals surface area contributed by atoms with Gasteiger partial charge in [-0.2, -0.15) is 0 Å².